The van der Waals surface area contributed by atoms with E-state index in [2.05, 4.69) is 26.5 Å². The van der Waals surface area contributed by atoms with Crippen molar-refractivity contribution < 1.29 is 4.79 Å². The Labute approximate surface area is 111 Å². The third-order valence-corrected chi connectivity index (χ3v) is 4.60. The summed E-state index contributed by atoms with van der Waals surface area (Å²) in [5.41, 5.74) is 0. The summed E-state index contributed by atoms with van der Waals surface area (Å²) < 4.78 is 4.33. The maximum Gasteiger partial charge on any atom is 0.239 e. The SMILES string of the molecule is CCc1nsc(N2CC(=O)NC3CCCCC32)n1. The Balaban J connectivity index is 1.85. The van der Waals surface area contributed by atoms with Crippen LogP contribution in [0.15, 0.2) is 0 Å². The van der Waals surface area contributed by atoms with Crippen LogP contribution in [0.1, 0.15) is 38.4 Å². The number of hydrogen-bond donors (Lipinski definition) is 1. The monoisotopic (exact) mass is 266 g/mol. The second-order valence-electron chi connectivity index (χ2n) is 5.00. The molecule has 1 aromatic heterocycles. The van der Waals surface area contributed by atoms with Gasteiger partial charge in [-0.25, -0.2) is 4.98 Å². The fraction of sp³-hybridized carbons (Fsp3) is 0.750. The lowest BCUT2D eigenvalue weighted by Crippen LogP contribution is -2.61. The predicted octanol–water partition coefficient (Wildman–Crippen LogP) is 1.35. The summed E-state index contributed by atoms with van der Waals surface area (Å²) in [5.74, 6) is 1.000. The van der Waals surface area contributed by atoms with Crippen LogP contribution in [0.2, 0.25) is 0 Å². The van der Waals surface area contributed by atoms with Gasteiger partial charge in [0.05, 0.1) is 12.6 Å². The second kappa shape index (κ2) is 4.84. The lowest BCUT2D eigenvalue weighted by atomic mass is 9.88. The molecule has 5 nitrogen and oxygen atoms in total. The largest absolute Gasteiger partial charge is 0.350 e. The van der Waals surface area contributed by atoms with E-state index in [1.807, 2.05) is 0 Å². The Hall–Kier alpha value is -1.17. The van der Waals surface area contributed by atoms with Crippen molar-refractivity contribution in [3.05, 3.63) is 5.82 Å². The molecule has 2 aliphatic rings. The van der Waals surface area contributed by atoms with E-state index < -0.39 is 0 Å². The maximum atomic E-state index is 11.8. The van der Waals surface area contributed by atoms with E-state index in [9.17, 15) is 4.79 Å². The van der Waals surface area contributed by atoms with Crippen LogP contribution in [0.3, 0.4) is 0 Å². The van der Waals surface area contributed by atoms with Crippen LogP contribution in [0.25, 0.3) is 0 Å². The molecule has 2 heterocycles. The molecule has 0 radical (unpaired) electrons. The van der Waals surface area contributed by atoms with Crippen molar-refractivity contribution in [3.63, 3.8) is 0 Å². The molecule has 98 valence electrons. The number of nitrogens with zero attached hydrogens (tertiary/aromatic N) is 3. The van der Waals surface area contributed by atoms with Gasteiger partial charge in [0.15, 0.2) is 0 Å². The van der Waals surface area contributed by atoms with Gasteiger partial charge in [0, 0.05) is 24.0 Å². The number of anilines is 1. The Bertz CT molecular complexity index is 447. The Morgan fingerprint density at radius 1 is 1.44 bits per heavy atom. The van der Waals surface area contributed by atoms with Gasteiger partial charge in [-0.2, -0.15) is 4.37 Å². The zero-order valence-electron chi connectivity index (χ0n) is 10.6. The molecule has 1 saturated carbocycles. The minimum Gasteiger partial charge on any atom is -0.350 e. The molecule has 0 spiro atoms. The second-order valence-corrected chi connectivity index (χ2v) is 5.73. The third-order valence-electron chi connectivity index (χ3n) is 3.81. The molecule has 18 heavy (non-hydrogen) atoms. The Morgan fingerprint density at radius 2 is 2.28 bits per heavy atom. The van der Waals surface area contributed by atoms with E-state index in [4.69, 9.17) is 0 Å². The molecule has 2 atom stereocenters. The predicted molar refractivity (Wildman–Crippen MR) is 70.8 cm³/mol. The smallest absolute Gasteiger partial charge is 0.239 e. The minimum absolute atomic E-state index is 0.117. The van der Waals surface area contributed by atoms with Crippen molar-refractivity contribution in [1.82, 2.24) is 14.7 Å². The van der Waals surface area contributed by atoms with E-state index in [1.54, 1.807) is 0 Å². The molecule has 0 aromatic carbocycles. The number of amides is 1. The normalized spacial score (nSPS) is 27.8. The lowest BCUT2D eigenvalue weighted by Gasteiger charge is -2.43. The van der Waals surface area contributed by atoms with E-state index >= 15 is 0 Å². The van der Waals surface area contributed by atoms with Gasteiger partial charge in [-0.05, 0) is 12.8 Å². The van der Waals surface area contributed by atoms with E-state index in [1.165, 1.54) is 24.4 Å². The molecule has 1 aliphatic carbocycles. The molecule has 1 saturated heterocycles. The van der Waals surface area contributed by atoms with Gasteiger partial charge in [0.2, 0.25) is 11.0 Å². The van der Waals surface area contributed by atoms with Crippen molar-refractivity contribution in [2.75, 3.05) is 11.4 Å². The summed E-state index contributed by atoms with van der Waals surface area (Å²) >= 11 is 1.42. The standard InChI is InChI=1S/C12H18N4OS/c1-2-10-14-12(18-15-10)16-7-11(17)13-8-5-3-4-6-9(8)16/h8-9H,2-7H2,1H3,(H,13,17). The van der Waals surface area contributed by atoms with Crippen molar-refractivity contribution in [1.29, 1.82) is 0 Å². The third kappa shape index (κ3) is 2.09. The average Bonchev–Trinajstić information content (AvgIpc) is 2.86. The fourth-order valence-electron chi connectivity index (χ4n) is 2.89. The lowest BCUT2D eigenvalue weighted by molar-refractivity contribution is -0.122. The van der Waals surface area contributed by atoms with Gasteiger partial charge in [-0.3, -0.25) is 4.79 Å². The molecule has 0 bridgehead atoms. The Kier molecular flexibility index (Phi) is 3.20. The highest BCUT2D eigenvalue weighted by molar-refractivity contribution is 7.09. The van der Waals surface area contributed by atoms with Crippen molar-refractivity contribution in [2.45, 2.75) is 51.1 Å². The molecule has 1 N–H and O–H groups in total. The number of carbonyl (C=O) groups is 1. The fourth-order valence-corrected chi connectivity index (χ4v) is 3.70. The van der Waals surface area contributed by atoms with Gasteiger partial charge in [-0.15, -0.1) is 0 Å². The number of piperazine rings is 1. The molecule has 1 aliphatic heterocycles. The summed E-state index contributed by atoms with van der Waals surface area (Å²) in [7, 11) is 0. The number of hydrogen-bond acceptors (Lipinski definition) is 5. The van der Waals surface area contributed by atoms with Crippen molar-refractivity contribution >= 4 is 22.6 Å². The van der Waals surface area contributed by atoms with Gasteiger partial charge >= 0.3 is 0 Å². The molecular weight excluding hydrogens is 248 g/mol. The molecule has 1 aromatic rings. The maximum absolute atomic E-state index is 11.8. The van der Waals surface area contributed by atoms with Crippen LogP contribution in [-0.4, -0.2) is 33.9 Å². The van der Waals surface area contributed by atoms with Gasteiger partial charge in [-0.1, -0.05) is 19.8 Å². The summed E-state index contributed by atoms with van der Waals surface area (Å²) in [4.78, 5) is 18.5. The summed E-state index contributed by atoms with van der Waals surface area (Å²) in [5, 5.41) is 4.03. The molecule has 6 heteroatoms. The van der Waals surface area contributed by atoms with Crippen LogP contribution in [0.5, 0.6) is 0 Å². The first-order valence-corrected chi connectivity index (χ1v) is 7.44. The van der Waals surface area contributed by atoms with E-state index in [0.29, 0.717) is 18.6 Å². The van der Waals surface area contributed by atoms with E-state index in [0.717, 1.165) is 30.2 Å². The van der Waals surface area contributed by atoms with Crippen LogP contribution in [0, 0.1) is 0 Å². The van der Waals surface area contributed by atoms with Crippen molar-refractivity contribution in [2.24, 2.45) is 0 Å². The highest BCUT2D eigenvalue weighted by Crippen LogP contribution is 2.30. The van der Waals surface area contributed by atoms with Crippen LogP contribution < -0.4 is 10.2 Å². The quantitative estimate of drug-likeness (QED) is 0.878. The minimum atomic E-state index is 0.117. The van der Waals surface area contributed by atoms with Gasteiger partial charge < -0.3 is 10.2 Å². The first-order chi connectivity index (χ1) is 8.78. The van der Waals surface area contributed by atoms with E-state index in [-0.39, 0.29) is 5.91 Å². The first kappa shape index (κ1) is 11.9. The van der Waals surface area contributed by atoms with Crippen LogP contribution in [-0.2, 0) is 11.2 Å². The highest BCUT2D eigenvalue weighted by atomic mass is 32.1. The Morgan fingerprint density at radius 3 is 3.06 bits per heavy atom. The number of carbonyl (C=O) groups excluding carboxylic acids is 1. The number of nitrogens with one attached hydrogen (secondary N) is 1. The number of fused-ring (bicyclic) bond motifs is 1. The van der Waals surface area contributed by atoms with Crippen LogP contribution >= 0.6 is 11.5 Å². The summed E-state index contributed by atoms with van der Waals surface area (Å²) in [6.45, 7) is 2.48. The van der Waals surface area contributed by atoms with Crippen LogP contribution in [0.4, 0.5) is 5.13 Å². The van der Waals surface area contributed by atoms with Crippen molar-refractivity contribution in [3.8, 4) is 0 Å². The molecule has 2 fully saturated rings. The average molecular weight is 266 g/mol. The zero-order valence-corrected chi connectivity index (χ0v) is 11.4. The highest BCUT2D eigenvalue weighted by Gasteiger charge is 2.37. The first-order valence-electron chi connectivity index (χ1n) is 6.66. The number of aromatic nitrogens is 2. The topological polar surface area (TPSA) is 58.1 Å². The number of aryl methyl sites for hydroxylation is 1. The van der Waals surface area contributed by atoms with Gasteiger partial charge in [0.25, 0.3) is 0 Å². The zero-order chi connectivity index (χ0) is 12.5. The summed E-state index contributed by atoms with van der Waals surface area (Å²) in [6, 6.07) is 0.711. The van der Waals surface area contributed by atoms with Gasteiger partial charge in [0.1, 0.15) is 5.82 Å². The molecule has 3 rings (SSSR count). The molecule has 1 amide bonds. The number of rotatable bonds is 2. The summed E-state index contributed by atoms with van der Waals surface area (Å²) in [6.07, 6.45) is 5.54. The molecular formula is C12H18N4OS. The molecule has 2 unspecified atom stereocenters.